The highest BCUT2D eigenvalue weighted by atomic mass is 79.9. The molecule has 2 heterocycles. The fourth-order valence-corrected chi connectivity index (χ4v) is 3.45. The number of hydrogen-bond acceptors (Lipinski definition) is 3. The fraction of sp³-hybridized carbons (Fsp3) is 0.312. The Morgan fingerprint density at radius 1 is 1.10 bits per heavy atom. The molecule has 0 saturated carbocycles. The molecule has 3 nitrogen and oxygen atoms in total. The molecular weight excluding hydrogens is 348 g/mol. The maximum Gasteiger partial charge on any atom is 0.253 e. The molecule has 2 aromatic rings. The Kier molecular flexibility index (Phi) is 4.73. The maximum atomic E-state index is 12.4. The number of rotatable bonds is 3. The largest absolute Gasteiger partial charge is 0.336 e. The molecule has 0 radical (unpaired) electrons. The Bertz CT molecular complexity index is 589. The molecular formula is C16H17BrN2OS. The first-order valence-corrected chi connectivity index (χ1v) is 8.74. The second-order valence-corrected chi connectivity index (χ2v) is 6.90. The molecule has 0 unspecified atom stereocenters. The Labute approximate surface area is 137 Å². The Morgan fingerprint density at radius 2 is 1.81 bits per heavy atom. The topological polar surface area (TPSA) is 23.6 Å². The summed E-state index contributed by atoms with van der Waals surface area (Å²) in [6.07, 6.45) is 0. The SMILES string of the molecule is O=C(c1ccc(Br)cc1)N1CCN(Cc2ccsc2)CC1. The van der Waals surface area contributed by atoms with E-state index in [0.29, 0.717) is 0 Å². The lowest BCUT2D eigenvalue weighted by Gasteiger charge is -2.34. The number of hydrogen-bond donors (Lipinski definition) is 0. The van der Waals surface area contributed by atoms with E-state index in [4.69, 9.17) is 0 Å². The number of halogens is 1. The highest BCUT2D eigenvalue weighted by molar-refractivity contribution is 9.10. The fourth-order valence-electron chi connectivity index (χ4n) is 2.52. The molecule has 0 N–H and O–H groups in total. The summed E-state index contributed by atoms with van der Waals surface area (Å²) in [5.41, 5.74) is 2.14. The molecule has 0 bridgehead atoms. The van der Waals surface area contributed by atoms with Gasteiger partial charge in [0, 0.05) is 42.8 Å². The van der Waals surface area contributed by atoms with Crippen LogP contribution in [0.4, 0.5) is 0 Å². The second-order valence-electron chi connectivity index (χ2n) is 5.21. The molecule has 1 fully saturated rings. The van der Waals surface area contributed by atoms with Crippen LogP contribution in [0.25, 0.3) is 0 Å². The van der Waals surface area contributed by atoms with E-state index >= 15 is 0 Å². The molecule has 5 heteroatoms. The summed E-state index contributed by atoms with van der Waals surface area (Å²) in [5.74, 6) is 0.137. The third-order valence-corrected chi connectivity index (χ3v) is 5.00. The molecule has 110 valence electrons. The molecule has 0 aliphatic carbocycles. The van der Waals surface area contributed by atoms with E-state index < -0.39 is 0 Å². The van der Waals surface area contributed by atoms with Crippen molar-refractivity contribution in [2.75, 3.05) is 26.2 Å². The van der Waals surface area contributed by atoms with Crippen molar-refractivity contribution in [3.05, 3.63) is 56.7 Å². The van der Waals surface area contributed by atoms with Crippen LogP contribution in [0, 0.1) is 0 Å². The molecule has 1 amide bonds. The second kappa shape index (κ2) is 6.73. The Hall–Kier alpha value is -1.17. The van der Waals surface area contributed by atoms with Crippen LogP contribution >= 0.6 is 27.3 Å². The van der Waals surface area contributed by atoms with E-state index in [0.717, 1.165) is 42.8 Å². The molecule has 1 aliphatic rings. The minimum absolute atomic E-state index is 0.137. The van der Waals surface area contributed by atoms with Crippen molar-refractivity contribution in [3.8, 4) is 0 Å². The molecule has 0 spiro atoms. The van der Waals surface area contributed by atoms with Gasteiger partial charge >= 0.3 is 0 Å². The highest BCUT2D eigenvalue weighted by Crippen LogP contribution is 2.15. The van der Waals surface area contributed by atoms with Crippen LogP contribution < -0.4 is 0 Å². The molecule has 1 aromatic carbocycles. The third-order valence-electron chi connectivity index (χ3n) is 3.74. The van der Waals surface area contributed by atoms with Crippen LogP contribution in [0.15, 0.2) is 45.6 Å². The van der Waals surface area contributed by atoms with E-state index in [1.807, 2.05) is 29.2 Å². The minimum Gasteiger partial charge on any atom is -0.336 e. The summed E-state index contributed by atoms with van der Waals surface area (Å²) in [7, 11) is 0. The van der Waals surface area contributed by atoms with Crippen LogP contribution in [0.3, 0.4) is 0 Å². The lowest BCUT2D eigenvalue weighted by molar-refractivity contribution is 0.0628. The Balaban J connectivity index is 1.55. The van der Waals surface area contributed by atoms with E-state index in [2.05, 4.69) is 37.7 Å². The third kappa shape index (κ3) is 3.73. The summed E-state index contributed by atoms with van der Waals surface area (Å²) in [6, 6.07) is 9.76. The predicted octanol–water partition coefficient (Wildman–Crippen LogP) is 3.47. The van der Waals surface area contributed by atoms with Crippen LogP contribution in [0.1, 0.15) is 15.9 Å². The highest BCUT2D eigenvalue weighted by Gasteiger charge is 2.22. The quantitative estimate of drug-likeness (QED) is 0.832. The van der Waals surface area contributed by atoms with Gasteiger partial charge < -0.3 is 4.90 Å². The lowest BCUT2D eigenvalue weighted by atomic mass is 10.2. The summed E-state index contributed by atoms with van der Waals surface area (Å²) < 4.78 is 1.000. The van der Waals surface area contributed by atoms with Crippen molar-refractivity contribution in [3.63, 3.8) is 0 Å². The molecule has 1 saturated heterocycles. The normalized spacial score (nSPS) is 16.1. The number of benzene rings is 1. The van der Waals surface area contributed by atoms with Gasteiger partial charge in [-0.3, -0.25) is 9.69 Å². The van der Waals surface area contributed by atoms with Crippen LogP contribution in [0.2, 0.25) is 0 Å². The molecule has 21 heavy (non-hydrogen) atoms. The first-order valence-electron chi connectivity index (χ1n) is 7.00. The number of nitrogens with zero attached hydrogens (tertiary/aromatic N) is 2. The summed E-state index contributed by atoms with van der Waals surface area (Å²) in [4.78, 5) is 16.8. The van der Waals surface area contributed by atoms with Gasteiger partial charge in [0.25, 0.3) is 5.91 Å². The molecule has 3 rings (SSSR count). The number of carbonyl (C=O) groups is 1. The van der Waals surface area contributed by atoms with E-state index in [-0.39, 0.29) is 5.91 Å². The van der Waals surface area contributed by atoms with Crippen molar-refractivity contribution < 1.29 is 4.79 Å². The van der Waals surface area contributed by atoms with Gasteiger partial charge in [0.15, 0.2) is 0 Å². The number of amides is 1. The van der Waals surface area contributed by atoms with Gasteiger partial charge in [-0.1, -0.05) is 15.9 Å². The van der Waals surface area contributed by atoms with Gasteiger partial charge in [0.05, 0.1) is 0 Å². The minimum atomic E-state index is 0.137. The number of piperazine rings is 1. The first kappa shape index (κ1) is 14.8. The molecule has 0 atom stereocenters. The van der Waals surface area contributed by atoms with Gasteiger partial charge in [-0.15, -0.1) is 0 Å². The van der Waals surface area contributed by atoms with Crippen LogP contribution in [-0.2, 0) is 6.54 Å². The zero-order valence-electron chi connectivity index (χ0n) is 11.7. The van der Waals surface area contributed by atoms with Crippen molar-refractivity contribution in [2.45, 2.75) is 6.54 Å². The van der Waals surface area contributed by atoms with E-state index in [1.165, 1.54) is 5.56 Å². The molecule has 1 aliphatic heterocycles. The standard InChI is InChI=1S/C16H17BrN2OS/c17-15-3-1-14(2-4-15)16(20)19-8-6-18(7-9-19)11-13-5-10-21-12-13/h1-5,10,12H,6-9,11H2. The maximum absolute atomic E-state index is 12.4. The van der Waals surface area contributed by atoms with Crippen molar-refractivity contribution >= 4 is 33.2 Å². The number of thiophene rings is 1. The smallest absolute Gasteiger partial charge is 0.253 e. The summed E-state index contributed by atoms with van der Waals surface area (Å²) in [6.45, 7) is 4.48. The van der Waals surface area contributed by atoms with Crippen molar-refractivity contribution in [1.29, 1.82) is 0 Å². The van der Waals surface area contributed by atoms with Crippen LogP contribution in [-0.4, -0.2) is 41.9 Å². The predicted molar refractivity (Wildman–Crippen MR) is 89.6 cm³/mol. The van der Waals surface area contributed by atoms with Gasteiger partial charge in [0.1, 0.15) is 0 Å². The monoisotopic (exact) mass is 364 g/mol. The average molecular weight is 365 g/mol. The zero-order valence-corrected chi connectivity index (χ0v) is 14.1. The summed E-state index contributed by atoms with van der Waals surface area (Å²) >= 11 is 5.13. The van der Waals surface area contributed by atoms with Crippen molar-refractivity contribution in [1.82, 2.24) is 9.80 Å². The first-order chi connectivity index (χ1) is 10.2. The van der Waals surface area contributed by atoms with E-state index in [9.17, 15) is 4.79 Å². The Morgan fingerprint density at radius 3 is 2.43 bits per heavy atom. The lowest BCUT2D eigenvalue weighted by Crippen LogP contribution is -2.48. The average Bonchev–Trinajstić information content (AvgIpc) is 3.01. The van der Waals surface area contributed by atoms with Gasteiger partial charge in [0.2, 0.25) is 0 Å². The number of carbonyl (C=O) groups excluding carboxylic acids is 1. The molecule has 1 aromatic heterocycles. The van der Waals surface area contributed by atoms with Crippen LogP contribution in [0.5, 0.6) is 0 Å². The van der Waals surface area contributed by atoms with Gasteiger partial charge in [-0.05, 0) is 46.7 Å². The van der Waals surface area contributed by atoms with Gasteiger partial charge in [-0.2, -0.15) is 11.3 Å². The zero-order chi connectivity index (χ0) is 14.7. The van der Waals surface area contributed by atoms with Crippen molar-refractivity contribution in [2.24, 2.45) is 0 Å². The summed E-state index contributed by atoms with van der Waals surface area (Å²) in [5, 5.41) is 4.31. The van der Waals surface area contributed by atoms with Gasteiger partial charge in [-0.25, -0.2) is 0 Å². The van der Waals surface area contributed by atoms with E-state index in [1.54, 1.807) is 11.3 Å².